The molecule has 0 radical (unpaired) electrons. The molecule has 23 heavy (non-hydrogen) atoms. The number of nitrogens with one attached hydrogen (secondary N) is 1. The monoisotopic (exact) mass is 436 g/mol. The van der Waals surface area contributed by atoms with Gasteiger partial charge in [-0.25, -0.2) is 0 Å². The third kappa shape index (κ3) is 3.33. The Morgan fingerprint density at radius 1 is 1.13 bits per heavy atom. The van der Waals surface area contributed by atoms with E-state index in [1.165, 1.54) is 6.92 Å². The van der Waals surface area contributed by atoms with Crippen LogP contribution in [-0.4, -0.2) is 18.4 Å². The molecule has 1 heterocycles. The Morgan fingerprint density at radius 3 is 2.61 bits per heavy atom. The second-order valence-electron chi connectivity index (χ2n) is 5.35. The molecule has 1 N–H and O–H groups in total. The molecule has 0 spiro atoms. The Hall–Kier alpha value is -1.66. The zero-order valence-corrected chi connectivity index (χ0v) is 15.6. The summed E-state index contributed by atoms with van der Waals surface area (Å²) in [4.78, 5) is 26.1. The van der Waals surface area contributed by atoms with Gasteiger partial charge in [-0.15, -0.1) is 0 Å². The lowest BCUT2D eigenvalue weighted by atomic mass is 10.1. The van der Waals surface area contributed by atoms with Crippen molar-refractivity contribution < 1.29 is 9.59 Å². The largest absolute Gasteiger partial charge is 0.320 e. The van der Waals surface area contributed by atoms with Crippen LogP contribution in [0.4, 0.5) is 11.4 Å². The first-order chi connectivity index (χ1) is 11.0. The molecular formula is C17H14Br2N2O2. The molecule has 6 heteroatoms. The number of amides is 2. The number of rotatable bonds is 2. The number of benzene rings is 2. The molecule has 0 unspecified atom stereocenters. The summed E-state index contributed by atoms with van der Waals surface area (Å²) in [7, 11) is 0. The van der Waals surface area contributed by atoms with Crippen molar-refractivity contribution in [1.82, 2.24) is 0 Å². The molecule has 1 aliphatic rings. The van der Waals surface area contributed by atoms with Crippen LogP contribution in [0.1, 0.15) is 22.8 Å². The van der Waals surface area contributed by atoms with Gasteiger partial charge in [0.1, 0.15) is 0 Å². The summed E-state index contributed by atoms with van der Waals surface area (Å²) in [5.41, 5.74) is 3.05. The molecule has 0 bridgehead atoms. The van der Waals surface area contributed by atoms with E-state index in [2.05, 4.69) is 37.2 Å². The van der Waals surface area contributed by atoms with Gasteiger partial charge in [0.25, 0.3) is 5.91 Å². The topological polar surface area (TPSA) is 49.4 Å². The van der Waals surface area contributed by atoms with Crippen molar-refractivity contribution in [3.05, 3.63) is 56.5 Å². The van der Waals surface area contributed by atoms with Crippen LogP contribution in [0.25, 0.3) is 0 Å². The number of hydrogen-bond donors (Lipinski definition) is 1. The highest BCUT2D eigenvalue weighted by Gasteiger charge is 2.26. The maximum Gasteiger partial charge on any atom is 0.255 e. The molecule has 2 aromatic rings. The Morgan fingerprint density at radius 2 is 1.91 bits per heavy atom. The van der Waals surface area contributed by atoms with Crippen LogP contribution in [-0.2, 0) is 11.2 Å². The normalized spacial score (nSPS) is 12.9. The predicted octanol–water partition coefficient (Wildman–Crippen LogP) is 4.37. The van der Waals surface area contributed by atoms with Crippen LogP contribution >= 0.6 is 31.9 Å². The fourth-order valence-electron chi connectivity index (χ4n) is 2.74. The van der Waals surface area contributed by atoms with Crippen molar-refractivity contribution in [3.63, 3.8) is 0 Å². The zero-order chi connectivity index (χ0) is 16.6. The Labute approximate surface area is 151 Å². The first-order valence-corrected chi connectivity index (χ1v) is 8.72. The number of hydrogen-bond acceptors (Lipinski definition) is 2. The molecule has 0 atom stereocenters. The summed E-state index contributed by atoms with van der Waals surface area (Å²) in [6.45, 7) is 2.18. The van der Waals surface area contributed by atoms with E-state index in [9.17, 15) is 9.59 Å². The van der Waals surface area contributed by atoms with Gasteiger partial charge in [0.15, 0.2) is 0 Å². The van der Waals surface area contributed by atoms with Gasteiger partial charge >= 0.3 is 0 Å². The van der Waals surface area contributed by atoms with Crippen LogP contribution in [0.15, 0.2) is 45.3 Å². The number of carbonyl (C=O) groups is 2. The van der Waals surface area contributed by atoms with Gasteiger partial charge in [-0.05, 0) is 42.3 Å². The standard InChI is InChI=1S/C17H14Br2N2O2/c1-10(22)21-6-5-11-7-14(19)9-15(16(11)21)20-17(23)12-3-2-4-13(18)8-12/h2-4,7-9H,5-6H2,1H3,(H,20,23). The highest BCUT2D eigenvalue weighted by atomic mass is 79.9. The van der Waals surface area contributed by atoms with Crippen molar-refractivity contribution in [2.24, 2.45) is 0 Å². The van der Waals surface area contributed by atoms with E-state index in [-0.39, 0.29) is 11.8 Å². The van der Waals surface area contributed by atoms with Crippen molar-refractivity contribution >= 4 is 55.0 Å². The van der Waals surface area contributed by atoms with E-state index < -0.39 is 0 Å². The number of carbonyl (C=O) groups excluding carboxylic acids is 2. The molecular weight excluding hydrogens is 424 g/mol. The van der Waals surface area contributed by atoms with Gasteiger partial charge in [0, 0.05) is 28.0 Å². The smallest absolute Gasteiger partial charge is 0.255 e. The second kappa shape index (κ2) is 6.45. The van der Waals surface area contributed by atoms with Gasteiger partial charge in [0.05, 0.1) is 11.4 Å². The number of anilines is 2. The Kier molecular flexibility index (Phi) is 4.55. The maximum absolute atomic E-state index is 12.5. The minimum Gasteiger partial charge on any atom is -0.320 e. The lowest BCUT2D eigenvalue weighted by Gasteiger charge is -2.19. The lowest BCUT2D eigenvalue weighted by Crippen LogP contribution is -2.27. The van der Waals surface area contributed by atoms with E-state index in [1.54, 1.807) is 17.0 Å². The molecule has 4 nitrogen and oxygen atoms in total. The molecule has 2 amide bonds. The molecule has 0 saturated carbocycles. The molecule has 0 aliphatic carbocycles. The molecule has 118 valence electrons. The number of halogens is 2. The van der Waals surface area contributed by atoms with Gasteiger partial charge in [-0.3, -0.25) is 9.59 Å². The highest BCUT2D eigenvalue weighted by molar-refractivity contribution is 9.10. The molecule has 0 fully saturated rings. The van der Waals surface area contributed by atoms with E-state index in [1.807, 2.05) is 24.3 Å². The zero-order valence-electron chi connectivity index (χ0n) is 12.4. The SMILES string of the molecule is CC(=O)N1CCc2cc(Br)cc(NC(=O)c3cccc(Br)c3)c21. The predicted molar refractivity (Wildman–Crippen MR) is 98.0 cm³/mol. The minimum absolute atomic E-state index is 0.0240. The summed E-state index contributed by atoms with van der Waals surface area (Å²) in [6, 6.07) is 11.0. The Balaban J connectivity index is 1.97. The Bertz CT molecular complexity index is 805. The van der Waals surface area contributed by atoms with E-state index in [4.69, 9.17) is 0 Å². The fourth-order valence-corrected chi connectivity index (χ4v) is 3.65. The molecule has 1 aliphatic heterocycles. The van der Waals surface area contributed by atoms with Crippen molar-refractivity contribution in [2.45, 2.75) is 13.3 Å². The van der Waals surface area contributed by atoms with Gasteiger partial charge < -0.3 is 10.2 Å². The lowest BCUT2D eigenvalue weighted by molar-refractivity contribution is -0.116. The minimum atomic E-state index is -0.206. The van der Waals surface area contributed by atoms with Gasteiger partial charge in [-0.2, -0.15) is 0 Å². The van der Waals surface area contributed by atoms with Crippen LogP contribution < -0.4 is 10.2 Å². The number of nitrogens with zero attached hydrogens (tertiary/aromatic N) is 1. The fraction of sp³-hybridized carbons (Fsp3) is 0.176. The maximum atomic E-state index is 12.5. The second-order valence-corrected chi connectivity index (χ2v) is 7.18. The van der Waals surface area contributed by atoms with Crippen LogP contribution in [0.3, 0.4) is 0 Å². The van der Waals surface area contributed by atoms with Crippen molar-refractivity contribution in [1.29, 1.82) is 0 Å². The van der Waals surface area contributed by atoms with Crippen LogP contribution in [0, 0.1) is 0 Å². The molecule has 0 saturated heterocycles. The van der Waals surface area contributed by atoms with E-state index in [0.717, 1.165) is 26.6 Å². The summed E-state index contributed by atoms with van der Waals surface area (Å²) in [6.07, 6.45) is 0.786. The van der Waals surface area contributed by atoms with Gasteiger partial charge in [-0.1, -0.05) is 37.9 Å². The van der Waals surface area contributed by atoms with Crippen LogP contribution in [0.2, 0.25) is 0 Å². The molecule has 0 aromatic heterocycles. The first-order valence-electron chi connectivity index (χ1n) is 7.13. The van der Waals surface area contributed by atoms with Gasteiger partial charge in [0.2, 0.25) is 5.91 Å². The quantitative estimate of drug-likeness (QED) is 0.758. The highest BCUT2D eigenvalue weighted by Crippen LogP contribution is 2.38. The summed E-state index contributed by atoms with van der Waals surface area (Å²) in [5.74, 6) is -0.231. The van der Waals surface area contributed by atoms with E-state index >= 15 is 0 Å². The van der Waals surface area contributed by atoms with Crippen molar-refractivity contribution in [3.8, 4) is 0 Å². The van der Waals surface area contributed by atoms with E-state index in [0.29, 0.717) is 17.8 Å². The summed E-state index contributed by atoms with van der Waals surface area (Å²) >= 11 is 6.83. The summed E-state index contributed by atoms with van der Waals surface area (Å²) in [5, 5.41) is 2.93. The first kappa shape index (κ1) is 16.2. The van der Waals surface area contributed by atoms with Crippen molar-refractivity contribution in [2.75, 3.05) is 16.8 Å². The number of fused-ring (bicyclic) bond motifs is 1. The average Bonchev–Trinajstić information content (AvgIpc) is 2.91. The molecule has 3 rings (SSSR count). The average molecular weight is 438 g/mol. The molecule has 2 aromatic carbocycles. The third-order valence-corrected chi connectivity index (χ3v) is 4.69. The van der Waals surface area contributed by atoms with Crippen LogP contribution in [0.5, 0.6) is 0 Å². The third-order valence-electron chi connectivity index (χ3n) is 3.74. The summed E-state index contributed by atoms with van der Waals surface area (Å²) < 4.78 is 1.72.